The Hall–Kier alpha value is -6.56. The highest BCUT2D eigenvalue weighted by Gasteiger charge is 2.18. The normalized spacial score (nSPS) is 11.5. The van der Waals surface area contributed by atoms with Gasteiger partial charge in [0.1, 0.15) is 0 Å². The number of benzene rings is 7. The van der Waals surface area contributed by atoms with Crippen LogP contribution in [-0.2, 0) is 0 Å². The molecule has 238 valence electrons. The molecule has 0 aliphatic carbocycles. The standard InChI is InChI=1S/C46H28N4S/c1-3-13-29(14-4-1)44-48-45(30-15-5-2-6-16-30)50-46(49-44)34-26-32(36-23-24-47-42-39-21-11-12-22-41(39)51-43(36)42)25-33(27-34)40-28-31-17-7-8-18-35(31)37-19-9-10-20-38(37)40/h1-28H. The summed E-state index contributed by atoms with van der Waals surface area (Å²) in [7, 11) is 0. The SMILES string of the molecule is c1ccc(-c2nc(-c3ccccc3)nc(-c3cc(-c4cc5ccccc5c5ccccc45)cc(-c4ccnc5c4sc4ccccc45)c3)n2)cc1. The van der Waals surface area contributed by atoms with Crippen LogP contribution in [0.25, 0.3) is 98.3 Å². The van der Waals surface area contributed by atoms with E-state index in [1.165, 1.54) is 31.6 Å². The summed E-state index contributed by atoms with van der Waals surface area (Å²) in [6.45, 7) is 0. The molecule has 10 aromatic rings. The fourth-order valence-corrected chi connectivity index (χ4v) is 8.33. The van der Waals surface area contributed by atoms with Gasteiger partial charge in [-0.15, -0.1) is 11.3 Å². The molecule has 7 aromatic carbocycles. The van der Waals surface area contributed by atoms with Gasteiger partial charge in [0, 0.05) is 38.5 Å². The average molecular weight is 669 g/mol. The molecule has 0 bridgehead atoms. The summed E-state index contributed by atoms with van der Waals surface area (Å²) in [6, 6.07) is 57.4. The van der Waals surface area contributed by atoms with E-state index in [1.807, 2.05) is 66.9 Å². The summed E-state index contributed by atoms with van der Waals surface area (Å²) in [4.78, 5) is 20.1. The zero-order valence-corrected chi connectivity index (χ0v) is 28.2. The molecule has 0 N–H and O–H groups in total. The minimum Gasteiger partial charge on any atom is -0.255 e. The van der Waals surface area contributed by atoms with E-state index >= 15 is 0 Å². The molecule has 0 fully saturated rings. The molecule has 0 aliphatic heterocycles. The first-order valence-corrected chi connectivity index (χ1v) is 17.8. The first-order valence-electron chi connectivity index (χ1n) is 17.0. The minimum absolute atomic E-state index is 0.623. The predicted octanol–water partition coefficient (Wildman–Crippen LogP) is 12.3. The number of hydrogen-bond donors (Lipinski definition) is 0. The van der Waals surface area contributed by atoms with Crippen molar-refractivity contribution < 1.29 is 0 Å². The van der Waals surface area contributed by atoms with E-state index in [-0.39, 0.29) is 0 Å². The van der Waals surface area contributed by atoms with Gasteiger partial charge in [-0.1, -0.05) is 127 Å². The maximum absolute atomic E-state index is 5.15. The van der Waals surface area contributed by atoms with E-state index in [1.54, 1.807) is 11.3 Å². The molecule has 0 saturated carbocycles. The molecule has 51 heavy (non-hydrogen) atoms. The van der Waals surface area contributed by atoms with Crippen molar-refractivity contribution in [1.82, 2.24) is 19.9 Å². The Morgan fingerprint density at radius 3 is 1.61 bits per heavy atom. The van der Waals surface area contributed by atoms with Gasteiger partial charge in [0.05, 0.1) is 10.2 Å². The van der Waals surface area contributed by atoms with Crippen molar-refractivity contribution in [3.63, 3.8) is 0 Å². The van der Waals surface area contributed by atoms with Gasteiger partial charge < -0.3 is 0 Å². The third-order valence-electron chi connectivity index (χ3n) is 9.54. The summed E-state index contributed by atoms with van der Waals surface area (Å²) in [5.41, 5.74) is 8.30. The molecule has 10 rings (SSSR count). The molecule has 0 radical (unpaired) electrons. The zero-order chi connectivity index (χ0) is 33.7. The Labute approximate surface area is 298 Å². The fraction of sp³-hybridized carbons (Fsp3) is 0. The van der Waals surface area contributed by atoms with Gasteiger partial charge in [-0.2, -0.15) is 0 Å². The first-order chi connectivity index (χ1) is 25.3. The lowest BCUT2D eigenvalue weighted by Crippen LogP contribution is -2.00. The highest BCUT2D eigenvalue weighted by molar-refractivity contribution is 7.26. The van der Waals surface area contributed by atoms with Crippen LogP contribution in [0.3, 0.4) is 0 Å². The Morgan fingerprint density at radius 1 is 0.373 bits per heavy atom. The van der Waals surface area contributed by atoms with Gasteiger partial charge >= 0.3 is 0 Å². The van der Waals surface area contributed by atoms with Crippen molar-refractivity contribution in [1.29, 1.82) is 0 Å². The maximum atomic E-state index is 5.15. The third kappa shape index (κ3) is 5.14. The summed E-state index contributed by atoms with van der Waals surface area (Å²) >= 11 is 1.79. The summed E-state index contributed by atoms with van der Waals surface area (Å²) in [5.74, 6) is 1.90. The van der Waals surface area contributed by atoms with Crippen LogP contribution in [0.2, 0.25) is 0 Å². The second kappa shape index (κ2) is 12.1. The number of fused-ring (bicyclic) bond motifs is 6. The van der Waals surface area contributed by atoms with Gasteiger partial charge in [-0.3, -0.25) is 4.98 Å². The van der Waals surface area contributed by atoms with Gasteiger partial charge in [0.15, 0.2) is 17.5 Å². The summed E-state index contributed by atoms with van der Waals surface area (Å²) in [5, 5.41) is 6.05. The van der Waals surface area contributed by atoms with Crippen LogP contribution in [0.4, 0.5) is 0 Å². The molecular formula is C46H28N4S. The summed E-state index contributed by atoms with van der Waals surface area (Å²) in [6.07, 6.45) is 1.93. The van der Waals surface area contributed by atoms with Crippen LogP contribution in [0.1, 0.15) is 0 Å². The number of aromatic nitrogens is 4. The quantitative estimate of drug-likeness (QED) is 0.171. The van der Waals surface area contributed by atoms with Crippen molar-refractivity contribution in [2.75, 3.05) is 0 Å². The molecule has 0 amide bonds. The molecule has 0 spiro atoms. The molecule has 0 unspecified atom stereocenters. The maximum Gasteiger partial charge on any atom is 0.164 e. The molecule has 3 aromatic heterocycles. The fourth-order valence-electron chi connectivity index (χ4n) is 7.13. The average Bonchev–Trinajstić information content (AvgIpc) is 3.60. The number of nitrogens with zero attached hydrogens (tertiary/aromatic N) is 4. The van der Waals surface area contributed by atoms with E-state index in [4.69, 9.17) is 19.9 Å². The smallest absolute Gasteiger partial charge is 0.164 e. The highest BCUT2D eigenvalue weighted by atomic mass is 32.1. The molecule has 3 heterocycles. The molecule has 5 heteroatoms. The van der Waals surface area contributed by atoms with Gasteiger partial charge in [-0.05, 0) is 74.6 Å². The Balaban J connectivity index is 1.28. The molecule has 0 aliphatic rings. The molecule has 0 atom stereocenters. The largest absolute Gasteiger partial charge is 0.255 e. The zero-order valence-electron chi connectivity index (χ0n) is 27.4. The Kier molecular flexibility index (Phi) is 6.96. The Morgan fingerprint density at radius 2 is 0.902 bits per heavy atom. The molecular weight excluding hydrogens is 641 g/mol. The predicted molar refractivity (Wildman–Crippen MR) is 213 cm³/mol. The lowest BCUT2D eigenvalue weighted by molar-refractivity contribution is 1.07. The van der Waals surface area contributed by atoms with Crippen molar-refractivity contribution >= 4 is 53.2 Å². The van der Waals surface area contributed by atoms with Crippen LogP contribution >= 0.6 is 11.3 Å². The van der Waals surface area contributed by atoms with Crippen molar-refractivity contribution in [3.8, 4) is 56.4 Å². The number of thiophene rings is 1. The van der Waals surface area contributed by atoms with Crippen LogP contribution in [0, 0.1) is 0 Å². The van der Waals surface area contributed by atoms with Gasteiger partial charge in [0.25, 0.3) is 0 Å². The van der Waals surface area contributed by atoms with E-state index in [9.17, 15) is 0 Å². The second-order valence-electron chi connectivity index (χ2n) is 12.7. The monoisotopic (exact) mass is 668 g/mol. The third-order valence-corrected chi connectivity index (χ3v) is 10.7. The van der Waals surface area contributed by atoms with E-state index in [0.29, 0.717) is 17.5 Å². The number of pyridine rings is 1. The molecule has 4 nitrogen and oxygen atoms in total. The van der Waals surface area contributed by atoms with Crippen molar-refractivity contribution in [3.05, 3.63) is 170 Å². The van der Waals surface area contributed by atoms with Crippen LogP contribution in [0.15, 0.2) is 170 Å². The van der Waals surface area contributed by atoms with Crippen LogP contribution in [0.5, 0.6) is 0 Å². The van der Waals surface area contributed by atoms with E-state index < -0.39 is 0 Å². The lowest BCUT2D eigenvalue weighted by Gasteiger charge is -2.15. The lowest BCUT2D eigenvalue weighted by atomic mass is 9.90. The topological polar surface area (TPSA) is 51.6 Å². The second-order valence-corrected chi connectivity index (χ2v) is 13.7. The van der Waals surface area contributed by atoms with Crippen molar-refractivity contribution in [2.45, 2.75) is 0 Å². The van der Waals surface area contributed by atoms with Crippen LogP contribution in [-0.4, -0.2) is 19.9 Å². The van der Waals surface area contributed by atoms with E-state index in [2.05, 4.69) is 103 Å². The van der Waals surface area contributed by atoms with Crippen molar-refractivity contribution in [2.24, 2.45) is 0 Å². The molecule has 0 saturated heterocycles. The number of hydrogen-bond acceptors (Lipinski definition) is 5. The van der Waals surface area contributed by atoms with Crippen LogP contribution < -0.4 is 0 Å². The van der Waals surface area contributed by atoms with E-state index in [0.717, 1.165) is 49.2 Å². The minimum atomic E-state index is 0.623. The van der Waals surface area contributed by atoms with Gasteiger partial charge in [-0.25, -0.2) is 15.0 Å². The summed E-state index contributed by atoms with van der Waals surface area (Å²) < 4.78 is 2.39. The highest BCUT2D eigenvalue weighted by Crippen LogP contribution is 2.43. The first kappa shape index (κ1) is 29.4. The van der Waals surface area contributed by atoms with Gasteiger partial charge in [0.2, 0.25) is 0 Å². The Bertz CT molecular complexity index is 2860. The number of rotatable bonds is 5.